The summed E-state index contributed by atoms with van der Waals surface area (Å²) >= 11 is 0. The monoisotopic (exact) mass is 433 g/mol. The second kappa shape index (κ2) is 7.74. The summed E-state index contributed by atoms with van der Waals surface area (Å²) < 4.78 is 39.2. The van der Waals surface area contributed by atoms with Gasteiger partial charge in [-0.2, -0.15) is 8.78 Å². The molecular formula is C20H17F2N3O6. The molecule has 9 nitrogen and oxygen atoms in total. The van der Waals surface area contributed by atoms with Crippen LogP contribution in [0.4, 0.5) is 19.3 Å². The van der Waals surface area contributed by atoms with Crippen molar-refractivity contribution in [1.82, 2.24) is 10.2 Å². The fraction of sp³-hybridized carbons (Fsp3) is 0.250. The Labute approximate surface area is 174 Å². The van der Waals surface area contributed by atoms with E-state index in [4.69, 9.17) is 9.47 Å². The maximum atomic E-state index is 13.0. The zero-order chi connectivity index (χ0) is 22.2. The first-order valence-electron chi connectivity index (χ1n) is 9.15. The topological polar surface area (TPSA) is 106 Å². The first kappa shape index (κ1) is 20.4. The summed E-state index contributed by atoms with van der Waals surface area (Å²) in [5.74, 6) is -0.323. The van der Waals surface area contributed by atoms with Crippen molar-refractivity contribution < 1.29 is 37.4 Å². The first-order valence-corrected chi connectivity index (χ1v) is 9.15. The molecular weight excluding hydrogens is 416 g/mol. The molecule has 2 aromatic carbocycles. The van der Waals surface area contributed by atoms with E-state index in [2.05, 4.69) is 15.4 Å². The lowest BCUT2D eigenvalue weighted by Crippen LogP contribution is -2.42. The Morgan fingerprint density at radius 2 is 1.90 bits per heavy atom. The summed E-state index contributed by atoms with van der Waals surface area (Å²) in [6.45, 7) is -1.89. The number of halogens is 2. The Balaban J connectivity index is 1.43. The molecule has 2 aromatic rings. The van der Waals surface area contributed by atoms with Crippen molar-refractivity contribution in [2.24, 2.45) is 0 Å². The highest BCUT2D eigenvalue weighted by Crippen LogP contribution is 2.37. The maximum absolute atomic E-state index is 13.0. The number of hydrogen-bond acceptors (Lipinski definition) is 6. The van der Waals surface area contributed by atoms with Gasteiger partial charge in [0, 0.05) is 5.69 Å². The molecule has 1 atom stereocenters. The Kier molecular flexibility index (Phi) is 5.09. The molecule has 0 saturated carbocycles. The molecule has 2 aliphatic heterocycles. The molecule has 2 N–H and O–H groups in total. The number of fused-ring (bicyclic) bond motifs is 1. The van der Waals surface area contributed by atoms with Gasteiger partial charge in [0.25, 0.3) is 5.91 Å². The van der Waals surface area contributed by atoms with Crippen LogP contribution in [0.1, 0.15) is 12.5 Å². The molecule has 11 heteroatoms. The number of urea groups is 1. The van der Waals surface area contributed by atoms with E-state index in [9.17, 15) is 23.2 Å². The van der Waals surface area contributed by atoms with Gasteiger partial charge in [-0.3, -0.25) is 14.5 Å². The summed E-state index contributed by atoms with van der Waals surface area (Å²) in [6, 6.07) is 9.39. The van der Waals surface area contributed by atoms with Gasteiger partial charge in [-0.15, -0.1) is 0 Å². The number of carbonyl (C=O) groups is 3. The van der Waals surface area contributed by atoms with E-state index in [0.717, 1.165) is 4.90 Å². The van der Waals surface area contributed by atoms with Crippen LogP contribution in [-0.4, -0.2) is 42.7 Å². The maximum Gasteiger partial charge on any atom is 0.387 e. The molecule has 2 aliphatic rings. The molecule has 1 saturated heterocycles. The number of benzene rings is 2. The molecule has 0 spiro atoms. The smallest absolute Gasteiger partial charge is 0.387 e. The zero-order valence-electron chi connectivity index (χ0n) is 16.2. The fourth-order valence-corrected chi connectivity index (χ4v) is 3.31. The van der Waals surface area contributed by atoms with E-state index in [-0.39, 0.29) is 18.2 Å². The van der Waals surface area contributed by atoms with Crippen LogP contribution in [0.15, 0.2) is 42.5 Å². The van der Waals surface area contributed by atoms with Gasteiger partial charge in [-0.25, -0.2) is 4.79 Å². The van der Waals surface area contributed by atoms with Gasteiger partial charge in [-0.1, -0.05) is 6.07 Å². The number of hydrogen-bond donors (Lipinski definition) is 2. The molecule has 31 heavy (non-hydrogen) atoms. The molecule has 162 valence electrons. The SMILES string of the molecule is CC1(c2ccc3c(c2)OCO3)NC(=O)N(CC(=O)Nc2ccc(OC(F)F)cc2)C1=O. The van der Waals surface area contributed by atoms with Crippen LogP contribution in [-0.2, 0) is 15.1 Å². The van der Waals surface area contributed by atoms with E-state index < -0.39 is 36.5 Å². The lowest BCUT2D eigenvalue weighted by molar-refractivity contribution is -0.133. The minimum Gasteiger partial charge on any atom is -0.454 e. The molecule has 1 unspecified atom stereocenters. The number of carbonyl (C=O) groups excluding carboxylic acids is 3. The van der Waals surface area contributed by atoms with Crippen LogP contribution < -0.4 is 24.8 Å². The first-order chi connectivity index (χ1) is 14.8. The number of imide groups is 1. The summed E-state index contributed by atoms with van der Waals surface area (Å²) in [7, 11) is 0. The number of rotatable bonds is 6. The van der Waals surface area contributed by atoms with Crippen LogP contribution in [0.3, 0.4) is 0 Å². The third kappa shape index (κ3) is 3.93. The lowest BCUT2D eigenvalue weighted by atomic mass is 9.91. The van der Waals surface area contributed by atoms with Crippen molar-refractivity contribution in [3.8, 4) is 17.2 Å². The van der Waals surface area contributed by atoms with Crippen LogP contribution in [0.5, 0.6) is 17.2 Å². The quantitative estimate of drug-likeness (QED) is 0.678. The molecule has 0 radical (unpaired) electrons. The van der Waals surface area contributed by atoms with Crippen LogP contribution >= 0.6 is 0 Å². The predicted octanol–water partition coefficient (Wildman–Crippen LogP) is 2.42. The van der Waals surface area contributed by atoms with Crippen molar-refractivity contribution in [3.63, 3.8) is 0 Å². The number of nitrogens with zero attached hydrogens (tertiary/aromatic N) is 1. The summed E-state index contributed by atoms with van der Waals surface area (Å²) in [5.41, 5.74) is -0.614. The summed E-state index contributed by atoms with van der Waals surface area (Å²) in [5, 5.41) is 5.11. The van der Waals surface area contributed by atoms with Gasteiger partial charge in [-0.05, 0) is 48.9 Å². The van der Waals surface area contributed by atoms with E-state index >= 15 is 0 Å². The molecule has 0 bridgehead atoms. The highest BCUT2D eigenvalue weighted by molar-refractivity contribution is 6.10. The van der Waals surface area contributed by atoms with Crippen molar-refractivity contribution in [2.75, 3.05) is 18.7 Å². The normalized spacial score (nSPS) is 19.5. The number of anilines is 1. The molecule has 4 amide bonds. The van der Waals surface area contributed by atoms with Gasteiger partial charge in [0.2, 0.25) is 12.7 Å². The summed E-state index contributed by atoms with van der Waals surface area (Å²) in [6.07, 6.45) is 0. The van der Waals surface area contributed by atoms with E-state index in [1.54, 1.807) is 18.2 Å². The van der Waals surface area contributed by atoms with E-state index in [1.807, 2.05) is 0 Å². The Morgan fingerprint density at radius 3 is 2.61 bits per heavy atom. The second-order valence-electron chi connectivity index (χ2n) is 6.97. The molecule has 1 fully saturated rings. The van der Waals surface area contributed by atoms with E-state index in [0.29, 0.717) is 17.1 Å². The van der Waals surface area contributed by atoms with Gasteiger partial charge in [0.15, 0.2) is 11.5 Å². The van der Waals surface area contributed by atoms with Gasteiger partial charge in [0.05, 0.1) is 0 Å². The molecule has 0 aromatic heterocycles. The van der Waals surface area contributed by atoms with Crippen molar-refractivity contribution in [3.05, 3.63) is 48.0 Å². The second-order valence-corrected chi connectivity index (χ2v) is 6.97. The number of ether oxygens (including phenoxy) is 3. The molecule has 0 aliphatic carbocycles. The van der Waals surface area contributed by atoms with Crippen molar-refractivity contribution >= 4 is 23.5 Å². The standard InChI is InChI=1S/C20H17F2N3O6/c1-20(11-2-7-14-15(8-11)30-10-29-14)17(27)25(19(28)24-20)9-16(26)23-12-3-5-13(6-4-12)31-18(21)22/h2-8,18H,9-10H2,1H3,(H,23,26)(H,24,28). The largest absolute Gasteiger partial charge is 0.454 e. The fourth-order valence-electron chi connectivity index (χ4n) is 3.31. The predicted molar refractivity (Wildman–Crippen MR) is 102 cm³/mol. The Morgan fingerprint density at radius 1 is 1.19 bits per heavy atom. The zero-order valence-corrected chi connectivity index (χ0v) is 16.2. The third-order valence-corrected chi connectivity index (χ3v) is 4.89. The van der Waals surface area contributed by atoms with Gasteiger partial charge < -0.3 is 24.8 Å². The highest BCUT2D eigenvalue weighted by Gasteiger charge is 2.49. The van der Waals surface area contributed by atoms with Crippen molar-refractivity contribution in [2.45, 2.75) is 19.1 Å². The van der Waals surface area contributed by atoms with Gasteiger partial charge >= 0.3 is 12.6 Å². The molecule has 4 rings (SSSR count). The minimum absolute atomic E-state index is 0.0668. The Hall–Kier alpha value is -3.89. The molecule has 2 heterocycles. The highest BCUT2D eigenvalue weighted by atomic mass is 19.3. The van der Waals surface area contributed by atoms with Crippen LogP contribution in [0.25, 0.3) is 0 Å². The number of alkyl halides is 2. The minimum atomic E-state index is -2.96. The Bertz CT molecular complexity index is 1050. The van der Waals surface area contributed by atoms with E-state index in [1.165, 1.54) is 31.2 Å². The lowest BCUT2D eigenvalue weighted by Gasteiger charge is -2.22. The van der Waals surface area contributed by atoms with Crippen molar-refractivity contribution in [1.29, 1.82) is 0 Å². The van der Waals surface area contributed by atoms with Crippen LogP contribution in [0, 0.1) is 0 Å². The number of nitrogens with one attached hydrogen (secondary N) is 2. The van der Waals surface area contributed by atoms with Gasteiger partial charge in [0.1, 0.15) is 17.8 Å². The summed E-state index contributed by atoms with van der Waals surface area (Å²) in [4.78, 5) is 38.5. The average Bonchev–Trinajstić information content (AvgIpc) is 3.27. The van der Waals surface area contributed by atoms with Crippen LogP contribution in [0.2, 0.25) is 0 Å². The average molecular weight is 433 g/mol. The third-order valence-electron chi connectivity index (χ3n) is 4.89. The number of amides is 4.